The van der Waals surface area contributed by atoms with Gasteiger partial charge in [-0.1, -0.05) is 17.7 Å². The molecule has 3 fully saturated rings. The van der Waals surface area contributed by atoms with Crippen LogP contribution in [-0.4, -0.2) is 52.0 Å². The third kappa shape index (κ3) is 5.60. The quantitative estimate of drug-likeness (QED) is 0.221. The molecule has 12 heteroatoms. The molecule has 1 aliphatic carbocycles. The van der Waals surface area contributed by atoms with E-state index in [0.717, 1.165) is 56.9 Å². The van der Waals surface area contributed by atoms with Crippen molar-refractivity contribution in [3.05, 3.63) is 71.0 Å². The fourth-order valence-electron chi connectivity index (χ4n) is 7.35. The maximum Gasteiger partial charge on any atom is 0.412 e. The number of benzene rings is 2. The Morgan fingerprint density at radius 2 is 1.96 bits per heavy atom. The number of ether oxygens (including phenoxy) is 4. The highest BCUT2D eigenvalue weighted by molar-refractivity contribution is 6.30. The molecule has 0 bridgehead atoms. The second-order valence-electron chi connectivity index (χ2n) is 14.5. The number of nitrogens with zero attached hydrogens (tertiary/aromatic N) is 4. The fourth-order valence-corrected chi connectivity index (χ4v) is 7.46. The van der Waals surface area contributed by atoms with E-state index in [9.17, 15) is 4.79 Å². The normalized spacial score (nSPS) is 24.1. The van der Waals surface area contributed by atoms with Crippen LogP contribution >= 0.6 is 11.6 Å². The van der Waals surface area contributed by atoms with Crippen molar-refractivity contribution in [2.45, 2.75) is 83.3 Å². The standard InChI is InChI=1S/C36H39ClFN5O5/c1-34(2,3)48-33(44)40-22-16-25(38)30-27(17-22)43(20-23-10-15-45-23)32(41-30)24-18-36(24)11-13-42(14-12-36)26-6-5-7-28-31(26)47-35(4,46-28)29-9-8-21(37)19-39-29/h5-9,16-17,19,23-24H,10-15,18,20H2,1-4H3,(H,40,44)/t23-,24-,35?/m0/s1. The summed E-state index contributed by atoms with van der Waals surface area (Å²) < 4.78 is 41.7. The molecule has 2 aromatic heterocycles. The molecule has 8 rings (SSSR count). The molecule has 3 aliphatic heterocycles. The lowest BCUT2D eigenvalue weighted by atomic mass is 9.90. The highest BCUT2D eigenvalue weighted by Gasteiger charge is 2.58. The third-order valence-electron chi connectivity index (χ3n) is 10.0. The molecular formula is C36H39ClFN5O5. The Morgan fingerprint density at radius 3 is 2.65 bits per heavy atom. The first-order valence-electron chi connectivity index (χ1n) is 16.6. The summed E-state index contributed by atoms with van der Waals surface area (Å²) in [6.45, 7) is 10.2. The van der Waals surface area contributed by atoms with Crippen LogP contribution in [-0.2, 0) is 21.8 Å². The number of anilines is 2. The number of halogens is 2. The number of rotatable bonds is 6. The van der Waals surface area contributed by atoms with Crippen molar-refractivity contribution in [2.75, 3.05) is 29.9 Å². The number of nitrogens with one attached hydrogen (secondary N) is 1. The lowest BCUT2D eigenvalue weighted by Gasteiger charge is -2.35. The van der Waals surface area contributed by atoms with Gasteiger partial charge < -0.3 is 28.4 Å². The van der Waals surface area contributed by atoms with Crippen LogP contribution in [0, 0.1) is 11.2 Å². The molecule has 10 nitrogen and oxygen atoms in total. The van der Waals surface area contributed by atoms with Crippen molar-refractivity contribution in [3.8, 4) is 11.5 Å². The van der Waals surface area contributed by atoms with Gasteiger partial charge in [-0.05, 0) is 88.3 Å². The highest BCUT2D eigenvalue weighted by Crippen LogP contribution is 2.65. The van der Waals surface area contributed by atoms with Gasteiger partial charge in [-0.25, -0.2) is 14.2 Å². The van der Waals surface area contributed by atoms with Crippen molar-refractivity contribution in [1.29, 1.82) is 0 Å². The minimum absolute atomic E-state index is 0.0550. The third-order valence-corrected chi connectivity index (χ3v) is 10.2. The monoisotopic (exact) mass is 675 g/mol. The molecule has 1 N–H and O–H groups in total. The number of hydrogen-bond donors (Lipinski definition) is 1. The van der Waals surface area contributed by atoms with Crippen LogP contribution < -0.4 is 19.7 Å². The Kier molecular flexibility index (Phi) is 7.30. The smallest absolute Gasteiger partial charge is 0.412 e. The molecule has 4 aromatic rings. The topological polar surface area (TPSA) is 100.0 Å². The molecule has 0 radical (unpaired) electrons. The summed E-state index contributed by atoms with van der Waals surface area (Å²) in [4.78, 5) is 24.2. The van der Waals surface area contributed by atoms with E-state index in [2.05, 4.69) is 25.8 Å². The van der Waals surface area contributed by atoms with Crippen molar-refractivity contribution in [1.82, 2.24) is 14.5 Å². The van der Waals surface area contributed by atoms with Crippen molar-refractivity contribution >= 4 is 40.1 Å². The lowest BCUT2D eigenvalue weighted by molar-refractivity contribution is -0.0716. The Balaban J connectivity index is 1.02. The summed E-state index contributed by atoms with van der Waals surface area (Å²) in [6.07, 6.45) is 4.89. The number of aromatic nitrogens is 3. The minimum atomic E-state index is -1.05. The van der Waals surface area contributed by atoms with Crippen LogP contribution in [0.15, 0.2) is 48.7 Å². The van der Waals surface area contributed by atoms with E-state index in [1.165, 1.54) is 6.07 Å². The molecule has 2 saturated heterocycles. The molecule has 1 spiro atoms. The zero-order chi connectivity index (χ0) is 33.4. The van der Waals surface area contributed by atoms with E-state index in [1.54, 1.807) is 39.1 Å². The van der Waals surface area contributed by atoms with Crippen LogP contribution in [0.5, 0.6) is 11.5 Å². The van der Waals surface area contributed by atoms with Gasteiger partial charge in [-0.3, -0.25) is 10.3 Å². The molecule has 252 valence electrons. The predicted molar refractivity (Wildman–Crippen MR) is 179 cm³/mol. The molecule has 1 amide bonds. The maximum atomic E-state index is 15.6. The van der Waals surface area contributed by atoms with Crippen molar-refractivity contribution in [3.63, 3.8) is 0 Å². The van der Waals surface area contributed by atoms with Crippen LogP contribution in [0.1, 0.15) is 70.8 Å². The number of para-hydroxylation sites is 1. The van der Waals surface area contributed by atoms with Crippen LogP contribution in [0.4, 0.5) is 20.6 Å². The van der Waals surface area contributed by atoms with E-state index >= 15 is 4.39 Å². The van der Waals surface area contributed by atoms with Gasteiger partial charge in [0.1, 0.15) is 22.6 Å². The SMILES string of the molecule is CC(C)(C)OC(=O)Nc1cc(F)c2nc([C@@H]3CC34CCN(c3cccc5c3OC(C)(c3ccc(Cl)cn3)O5)CC4)n(C[C@@H]3CCO3)c2c1. The predicted octanol–water partition coefficient (Wildman–Crippen LogP) is 7.78. The summed E-state index contributed by atoms with van der Waals surface area (Å²) in [5, 5.41) is 3.25. The highest BCUT2D eigenvalue weighted by atomic mass is 35.5. The minimum Gasteiger partial charge on any atom is -0.444 e. The second-order valence-corrected chi connectivity index (χ2v) is 15.0. The zero-order valence-electron chi connectivity index (χ0n) is 27.5. The van der Waals surface area contributed by atoms with Crippen molar-refractivity contribution in [2.24, 2.45) is 5.41 Å². The molecule has 1 saturated carbocycles. The Labute approximate surface area is 283 Å². The van der Waals surface area contributed by atoms with Gasteiger partial charge >= 0.3 is 6.09 Å². The number of carbonyl (C=O) groups excluding carboxylic acids is 1. The summed E-state index contributed by atoms with van der Waals surface area (Å²) in [5.74, 6) is 0.973. The first-order valence-corrected chi connectivity index (χ1v) is 17.0. The van der Waals surface area contributed by atoms with E-state index in [-0.39, 0.29) is 17.4 Å². The Hall–Kier alpha value is -4.09. The largest absolute Gasteiger partial charge is 0.444 e. The van der Waals surface area contributed by atoms with Crippen LogP contribution in [0.3, 0.4) is 0 Å². The zero-order valence-corrected chi connectivity index (χ0v) is 28.3. The van der Waals surface area contributed by atoms with Crippen LogP contribution in [0.2, 0.25) is 5.02 Å². The Bertz CT molecular complexity index is 1900. The first kappa shape index (κ1) is 31.2. The van der Waals surface area contributed by atoms with E-state index in [4.69, 9.17) is 35.5 Å². The first-order chi connectivity index (χ1) is 22.9. The van der Waals surface area contributed by atoms with Gasteiger partial charge in [0.2, 0.25) is 0 Å². The number of imidazole rings is 1. The average molecular weight is 676 g/mol. The van der Waals surface area contributed by atoms with Gasteiger partial charge in [-0.2, -0.15) is 0 Å². The molecule has 1 unspecified atom stereocenters. The molecule has 3 atom stereocenters. The van der Waals surface area contributed by atoms with Gasteiger partial charge in [0.25, 0.3) is 5.79 Å². The molecule has 2 aromatic carbocycles. The van der Waals surface area contributed by atoms with Gasteiger partial charge in [-0.15, -0.1) is 0 Å². The number of fused-ring (bicyclic) bond motifs is 2. The fraction of sp³-hybridized carbons (Fsp3) is 0.472. The van der Waals surface area contributed by atoms with Gasteiger partial charge in [0, 0.05) is 44.4 Å². The van der Waals surface area contributed by atoms with Gasteiger partial charge in [0.15, 0.2) is 17.3 Å². The molecular weight excluding hydrogens is 637 g/mol. The number of hydrogen-bond acceptors (Lipinski definition) is 8. The Morgan fingerprint density at radius 1 is 1.17 bits per heavy atom. The maximum absolute atomic E-state index is 15.6. The van der Waals surface area contributed by atoms with E-state index in [0.29, 0.717) is 45.5 Å². The summed E-state index contributed by atoms with van der Waals surface area (Å²) in [5.41, 5.74) is 2.36. The van der Waals surface area contributed by atoms with Gasteiger partial charge in [0.05, 0.1) is 28.9 Å². The average Bonchev–Trinajstić information content (AvgIpc) is 3.36. The number of piperidine rings is 1. The van der Waals surface area contributed by atoms with Crippen LogP contribution in [0.25, 0.3) is 11.0 Å². The second kappa shape index (κ2) is 11.2. The lowest BCUT2D eigenvalue weighted by Crippen LogP contribution is -2.36. The molecule has 48 heavy (non-hydrogen) atoms. The number of carbonyl (C=O) groups is 1. The molecule has 4 aliphatic rings. The summed E-state index contributed by atoms with van der Waals surface area (Å²) >= 11 is 6.07. The number of pyridine rings is 1. The number of amides is 1. The van der Waals surface area contributed by atoms with E-state index < -0.39 is 23.3 Å². The summed E-state index contributed by atoms with van der Waals surface area (Å²) in [7, 11) is 0. The van der Waals surface area contributed by atoms with Crippen molar-refractivity contribution < 1.29 is 28.1 Å². The van der Waals surface area contributed by atoms with E-state index in [1.807, 2.05) is 25.1 Å². The molecule has 5 heterocycles. The summed E-state index contributed by atoms with van der Waals surface area (Å²) in [6, 6.07) is 12.7.